The molecule has 1 aromatic rings. The molecule has 0 saturated heterocycles. The standard InChI is InChI=1S/C11H18N4O3/c1-4-15(11(2,3)9(16)17)10(18)13-6-8-5-12-7-14-8/h5,7H,4,6H2,1-3H3,(H,12,14)(H,13,18)(H,16,17). The van der Waals surface area contributed by atoms with Crippen LogP contribution < -0.4 is 5.32 Å². The van der Waals surface area contributed by atoms with E-state index in [4.69, 9.17) is 5.11 Å². The van der Waals surface area contributed by atoms with E-state index in [0.717, 1.165) is 5.69 Å². The fraction of sp³-hybridized carbons (Fsp3) is 0.545. The van der Waals surface area contributed by atoms with E-state index < -0.39 is 17.5 Å². The number of carbonyl (C=O) groups excluding carboxylic acids is 1. The van der Waals surface area contributed by atoms with E-state index in [9.17, 15) is 9.59 Å². The smallest absolute Gasteiger partial charge is 0.329 e. The Morgan fingerprint density at radius 2 is 2.22 bits per heavy atom. The first kappa shape index (κ1) is 14.0. The zero-order chi connectivity index (χ0) is 13.8. The number of carboxylic acids is 1. The van der Waals surface area contributed by atoms with E-state index in [2.05, 4.69) is 15.3 Å². The van der Waals surface area contributed by atoms with Crippen LogP contribution in [0, 0.1) is 0 Å². The van der Waals surface area contributed by atoms with Crippen LogP contribution in [-0.2, 0) is 11.3 Å². The summed E-state index contributed by atoms with van der Waals surface area (Å²) in [5.41, 5.74) is -0.486. The Labute approximate surface area is 105 Å². The second-order valence-electron chi connectivity index (χ2n) is 4.34. The van der Waals surface area contributed by atoms with Gasteiger partial charge in [-0.3, -0.25) is 0 Å². The minimum absolute atomic E-state index is 0.283. The average Bonchev–Trinajstić information content (AvgIpc) is 2.79. The number of nitrogens with one attached hydrogen (secondary N) is 2. The molecule has 18 heavy (non-hydrogen) atoms. The number of carbonyl (C=O) groups is 2. The van der Waals surface area contributed by atoms with Gasteiger partial charge >= 0.3 is 12.0 Å². The summed E-state index contributed by atoms with van der Waals surface area (Å²) < 4.78 is 0. The highest BCUT2D eigenvalue weighted by Gasteiger charge is 2.36. The first-order valence-corrected chi connectivity index (χ1v) is 5.65. The molecule has 0 aliphatic heterocycles. The van der Waals surface area contributed by atoms with Gasteiger partial charge in [0.15, 0.2) is 0 Å². The van der Waals surface area contributed by atoms with Gasteiger partial charge in [0.05, 0.1) is 18.6 Å². The molecule has 7 nitrogen and oxygen atoms in total. The van der Waals surface area contributed by atoms with Crippen LogP contribution in [-0.4, -0.2) is 44.1 Å². The van der Waals surface area contributed by atoms with Gasteiger partial charge in [0.1, 0.15) is 5.54 Å². The zero-order valence-corrected chi connectivity index (χ0v) is 10.7. The van der Waals surface area contributed by atoms with Crippen LogP contribution in [0.3, 0.4) is 0 Å². The third-order valence-corrected chi connectivity index (χ3v) is 2.74. The Balaban J connectivity index is 2.65. The minimum atomic E-state index is -1.24. The summed E-state index contributed by atoms with van der Waals surface area (Å²) >= 11 is 0. The molecule has 0 aliphatic carbocycles. The minimum Gasteiger partial charge on any atom is -0.480 e. The molecule has 0 aromatic carbocycles. The van der Waals surface area contributed by atoms with Crippen molar-refractivity contribution in [3.63, 3.8) is 0 Å². The van der Waals surface area contributed by atoms with Gasteiger partial charge < -0.3 is 20.3 Å². The van der Waals surface area contributed by atoms with E-state index in [1.165, 1.54) is 25.1 Å². The predicted octanol–water partition coefficient (Wildman–Crippen LogP) is 0.804. The second kappa shape index (κ2) is 5.52. The van der Waals surface area contributed by atoms with Crippen LogP contribution in [0.2, 0.25) is 0 Å². The molecule has 0 unspecified atom stereocenters. The van der Waals surface area contributed by atoms with Gasteiger partial charge in [0, 0.05) is 12.7 Å². The Morgan fingerprint density at radius 1 is 1.56 bits per heavy atom. The van der Waals surface area contributed by atoms with Crippen molar-refractivity contribution in [2.24, 2.45) is 0 Å². The van der Waals surface area contributed by atoms with E-state index in [1.54, 1.807) is 13.1 Å². The Kier molecular flexibility index (Phi) is 4.30. The SMILES string of the molecule is CCN(C(=O)NCc1cnc[nH]1)C(C)(C)C(=O)O. The number of nitrogens with zero attached hydrogens (tertiary/aromatic N) is 2. The summed E-state index contributed by atoms with van der Waals surface area (Å²) in [6, 6.07) is -0.417. The quantitative estimate of drug-likeness (QED) is 0.724. The van der Waals surface area contributed by atoms with Crippen LogP contribution in [0.4, 0.5) is 4.79 Å². The monoisotopic (exact) mass is 254 g/mol. The lowest BCUT2D eigenvalue weighted by Crippen LogP contribution is -2.55. The third-order valence-electron chi connectivity index (χ3n) is 2.74. The summed E-state index contributed by atoms with van der Waals surface area (Å²) in [7, 11) is 0. The Hall–Kier alpha value is -2.05. The highest BCUT2D eigenvalue weighted by atomic mass is 16.4. The lowest BCUT2D eigenvalue weighted by molar-refractivity contribution is -0.147. The maximum atomic E-state index is 11.9. The molecule has 0 saturated carbocycles. The number of carboxylic acid groups (broad SMARTS) is 1. The summed E-state index contributed by atoms with van der Waals surface area (Å²) in [6.07, 6.45) is 3.11. The molecule has 1 rings (SSSR count). The maximum Gasteiger partial charge on any atom is 0.329 e. The molecular weight excluding hydrogens is 236 g/mol. The highest BCUT2D eigenvalue weighted by Crippen LogP contribution is 2.14. The number of aromatic nitrogens is 2. The predicted molar refractivity (Wildman–Crippen MR) is 64.9 cm³/mol. The largest absolute Gasteiger partial charge is 0.480 e. The van der Waals surface area contributed by atoms with Gasteiger partial charge in [-0.15, -0.1) is 0 Å². The zero-order valence-electron chi connectivity index (χ0n) is 10.7. The average molecular weight is 254 g/mol. The number of aliphatic carboxylic acids is 1. The van der Waals surface area contributed by atoms with Gasteiger partial charge in [-0.25, -0.2) is 14.6 Å². The Bertz CT molecular complexity index is 414. The second-order valence-corrected chi connectivity index (χ2v) is 4.34. The van der Waals surface area contributed by atoms with Crippen molar-refractivity contribution < 1.29 is 14.7 Å². The molecule has 1 heterocycles. The van der Waals surface area contributed by atoms with Crippen molar-refractivity contribution in [2.45, 2.75) is 32.9 Å². The number of aromatic amines is 1. The van der Waals surface area contributed by atoms with Crippen molar-refractivity contribution in [2.75, 3.05) is 6.54 Å². The van der Waals surface area contributed by atoms with Crippen LogP contribution >= 0.6 is 0 Å². The number of rotatable bonds is 5. The molecule has 0 fully saturated rings. The number of likely N-dealkylation sites (N-methyl/N-ethyl adjacent to an activating group) is 1. The molecule has 1 aromatic heterocycles. The third kappa shape index (κ3) is 2.99. The number of hydrogen-bond acceptors (Lipinski definition) is 3. The van der Waals surface area contributed by atoms with Crippen molar-refractivity contribution in [1.29, 1.82) is 0 Å². The van der Waals surface area contributed by atoms with Crippen LogP contribution in [0.15, 0.2) is 12.5 Å². The molecule has 0 aliphatic rings. The number of urea groups is 1. The maximum absolute atomic E-state index is 11.9. The van der Waals surface area contributed by atoms with Crippen molar-refractivity contribution in [3.8, 4) is 0 Å². The van der Waals surface area contributed by atoms with Crippen molar-refractivity contribution in [3.05, 3.63) is 18.2 Å². The van der Waals surface area contributed by atoms with Crippen LogP contribution in [0.5, 0.6) is 0 Å². The van der Waals surface area contributed by atoms with E-state index in [-0.39, 0.29) is 6.54 Å². The van der Waals surface area contributed by atoms with E-state index in [0.29, 0.717) is 6.54 Å². The van der Waals surface area contributed by atoms with Crippen molar-refractivity contribution in [1.82, 2.24) is 20.2 Å². The first-order valence-electron chi connectivity index (χ1n) is 5.65. The van der Waals surface area contributed by atoms with E-state index in [1.807, 2.05) is 0 Å². The fourth-order valence-electron chi connectivity index (χ4n) is 1.56. The summed E-state index contributed by atoms with van der Waals surface area (Å²) in [6.45, 7) is 5.32. The highest BCUT2D eigenvalue weighted by molar-refractivity contribution is 5.85. The first-order chi connectivity index (χ1) is 8.39. The fourth-order valence-corrected chi connectivity index (χ4v) is 1.56. The molecule has 3 N–H and O–H groups in total. The molecule has 100 valence electrons. The topological polar surface area (TPSA) is 98.3 Å². The van der Waals surface area contributed by atoms with Crippen LogP contribution in [0.25, 0.3) is 0 Å². The van der Waals surface area contributed by atoms with Gasteiger partial charge in [-0.1, -0.05) is 0 Å². The normalized spacial score (nSPS) is 11.1. The number of amides is 2. The molecular formula is C11H18N4O3. The summed E-state index contributed by atoms with van der Waals surface area (Å²) in [5.74, 6) is -1.04. The molecule has 0 spiro atoms. The number of hydrogen-bond donors (Lipinski definition) is 3. The lowest BCUT2D eigenvalue weighted by Gasteiger charge is -2.34. The molecule has 0 radical (unpaired) electrons. The lowest BCUT2D eigenvalue weighted by atomic mass is 10.0. The van der Waals surface area contributed by atoms with Gasteiger partial charge in [0.25, 0.3) is 0 Å². The number of H-pyrrole nitrogens is 1. The van der Waals surface area contributed by atoms with Crippen molar-refractivity contribution >= 4 is 12.0 Å². The van der Waals surface area contributed by atoms with E-state index >= 15 is 0 Å². The van der Waals surface area contributed by atoms with Gasteiger partial charge in [0.2, 0.25) is 0 Å². The van der Waals surface area contributed by atoms with Gasteiger partial charge in [-0.2, -0.15) is 0 Å². The van der Waals surface area contributed by atoms with Crippen LogP contribution in [0.1, 0.15) is 26.5 Å². The summed E-state index contributed by atoms with van der Waals surface area (Å²) in [4.78, 5) is 31.0. The molecule has 2 amide bonds. The number of imidazole rings is 1. The molecule has 0 atom stereocenters. The van der Waals surface area contributed by atoms with Gasteiger partial charge in [-0.05, 0) is 20.8 Å². The molecule has 7 heteroatoms. The molecule has 0 bridgehead atoms. The Morgan fingerprint density at radius 3 is 2.67 bits per heavy atom. The summed E-state index contributed by atoms with van der Waals surface area (Å²) in [5, 5.41) is 11.8.